The third-order valence-corrected chi connectivity index (χ3v) is 4.86. The van der Waals surface area contributed by atoms with E-state index < -0.39 is 35.1 Å². The lowest BCUT2D eigenvalue weighted by molar-refractivity contribution is -0.138. The lowest BCUT2D eigenvalue weighted by Gasteiger charge is -2.21. The summed E-state index contributed by atoms with van der Waals surface area (Å²) in [6.45, 7) is 2.89. The van der Waals surface area contributed by atoms with Gasteiger partial charge in [-0.25, -0.2) is 19.2 Å². The molecule has 0 aliphatic rings. The SMILES string of the molecule is COC(=O)c1cnc(N[C@H](C)c2cc3c(=O)n(C)c(C)nc3cc2C(F)(F)F)c(F)c1. The van der Waals surface area contributed by atoms with Gasteiger partial charge >= 0.3 is 12.1 Å². The molecule has 164 valence electrons. The largest absolute Gasteiger partial charge is 0.465 e. The molecule has 0 bridgehead atoms. The maximum Gasteiger partial charge on any atom is 0.416 e. The van der Waals surface area contributed by atoms with Crippen molar-refractivity contribution in [2.45, 2.75) is 26.1 Å². The number of anilines is 1. The number of methoxy groups -OCH3 is 1. The highest BCUT2D eigenvalue weighted by Crippen LogP contribution is 2.37. The van der Waals surface area contributed by atoms with Crippen LogP contribution in [0.4, 0.5) is 23.4 Å². The maximum absolute atomic E-state index is 14.4. The zero-order valence-electron chi connectivity index (χ0n) is 17.0. The first kappa shape index (κ1) is 22.2. The van der Waals surface area contributed by atoms with E-state index in [1.54, 1.807) is 0 Å². The summed E-state index contributed by atoms with van der Waals surface area (Å²) >= 11 is 0. The number of ether oxygens (including phenoxy) is 1. The number of carbonyl (C=O) groups is 1. The van der Waals surface area contributed by atoms with Gasteiger partial charge in [0.1, 0.15) is 5.82 Å². The lowest BCUT2D eigenvalue weighted by Crippen LogP contribution is -2.23. The van der Waals surface area contributed by atoms with Crippen LogP contribution in [0.2, 0.25) is 0 Å². The number of halogens is 4. The predicted octanol–water partition coefficient (Wildman–Crippen LogP) is 3.75. The maximum atomic E-state index is 14.4. The molecule has 1 atom stereocenters. The molecule has 0 aliphatic carbocycles. The van der Waals surface area contributed by atoms with Crippen LogP contribution in [0.1, 0.15) is 40.3 Å². The number of alkyl halides is 3. The van der Waals surface area contributed by atoms with Gasteiger partial charge < -0.3 is 10.1 Å². The van der Waals surface area contributed by atoms with Crippen molar-refractivity contribution in [2.75, 3.05) is 12.4 Å². The molecule has 0 aliphatic heterocycles. The van der Waals surface area contributed by atoms with Crippen molar-refractivity contribution < 1.29 is 27.1 Å². The van der Waals surface area contributed by atoms with E-state index in [9.17, 15) is 27.2 Å². The molecule has 1 N–H and O–H groups in total. The zero-order chi connectivity index (χ0) is 23.1. The van der Waals surface area contributed by atoms with Gasteiger partial charge in [-0.15, -0.1) is 0 Å². The van der Waals surface area contributed by atoms with Gasteiger partial charge in [-0.1, -0.05) is 0 Å². The first-order chi connectivity index (χ1) is 14.4. The second-order valence-corrected chi connectivity index (χ2v) is 6.89. The van der Waals surface area contributed by atoms with Gasteiger partial charge in [-0.3, -0.25) is 9.36 Å². The minimum atomic E-state index is -4.74. The smallest absolute Gasteiger partial charge is 0.416 e. The van der Waals surface area contributed by atoms with Gasteiger partial charge in [0.2, 0.25) is 0 Å². The fourth-order valence-corrected chi connectivity index (χ4v) is 3.11. The Labute approximate surface area is 173 Å². The van der Waals surface area contributed by atoms with Gasteiger partial charge in [0.15, 0.2) is 11.6 Å². The number of hydrogen-bond acceptors (Lipinski definition) is 6. The minimum absolute atomic E-state index is 0.000722. The second-order valence-electron chi connectivity index (χ2n) is 6.89. The molecular formula is C20H18F4N4O3. The summed E-state index contributed by atoms with van der Waals surface area (Å²) in [5.74, 6) is -1.85. The topological polar surface area (TPSA) is 86.1 Å². The Bertz CT molecular complexity index is 1240. The molecule has 1 aromatic carbocycles. The Morgan fingerprint density at radius 1 is 1.26 bits per heavy atom. The summed E-state index contributed by atoms with van der Waals surface area (Å²) in [4.78, 5) is 31.8. The first-order valence-electron chi connectivity index (χ1n) is 9.03. The number of aryl methyl sites for hydroxylation is 1. The third-order valence-electron chi connectivity index (χ3n) is 4.86. The van der Waals surface area contributed by atoms with Crippen molar-refractivity contribution in [3.63, 3.8) is 0 Å². The molecule has 2 heterocycles. The Morgan fingerprint density at radius 2 is 1.94 bits per heavy atom. The van der Waals surface area contributed by atoms with Crippen molar-refractivity contribution in [3.8, 4) is 0 Å². The Hall–Kier alpha value is -3.50. The van der Waals surface area contributed by atoms with Crippen LogP contribution >= 0.6 is 0 Å². The highest BCUT2D eigenvalue weighted by molar-refractivity contribution is 5.89. The summed E-state index contributed by atoms with van der Waals surface area (Å²) in [5, 5.41) is 2.57. The molecule has 7 nitrogen and oxygen atoms in total. The fraction of sp³-hybridized carbons (Fsp3) is 0.300. The fourth-order valence-electron chi connectivity index (χ4n) is 3.11. The quantitative estimate of drug-likeness (QED) is 0.493. The monoisotopic (exact) mass is 438 g/mol. The molecule has 2 aromatic heterocycles. The van der Waals surface area contributed by atoms with Crippen molar-refractivity contribution in [2.24, 2.45) is 7.05 Å². The van der Waals surface area contributed by atoms with E-state index >= 15 is 0 Å². The number of nitrogens with zero attached hydrogens (tertiary/aromatic N) is 3. The van der Waals surface area contributed by atoms with E-state index in [1.807, 2.05) is 0 Å². The highest BCUT2D eigenvalue weighted by Gasteiger charge is 2.35. The van der Waals surface area contributed by atoms with Crippen molar-refractivity contribution in [1.82, 2.24) is 14.5 Å². The zero-order valence-corrected chi connectivity index (χ0v) is 17.0. The summed E-state index contributed by atoms with van der Waals surface area (Å²) in [6, 6.07) is 1.69. The third kappa shape index (κ3) is 4.21. The van der Waals surface area contributed by atoms with Crippen LogP contribution in [0.3, 0.4) is 0 Å². The molecule has 0 fully saturated rings. The van der Waals surface area contributed by atoms with Crippen molar-refractivity contribution >= 4 is 22.7 Å². The van der Waals surface area contributed by atoms with Crippen LogP contribution in [-0.4, -0.2) is 27.6 Å². The van der Waals surface area contributed by atoms with E-state index in [4.69, 9.17) is 0 Å². The van der Waals surface area contributed by atoms with Gasteiger partial charge in [-0.2, -0.15) is 13.2 Å². The van der Waals surface area contributed by atoms with Crippen LogP contribution in [-0.2, 0) is 18.0 Å². The number of benzene rings is 1. The molecule has 0 amide bonds. The first-order valence-corrected chi connectivity index (χ1v) is 9.03. The van der Waals surface area contributed by atoms with Gasteiger partial charge in [0.05, 0.1) is 35.2 Å². The van der Waals surface area contributed by atoms with Crippen molar-refractivity contribution in [1.29, 1.82) is 0 Å². The van der Waals surface area contributed by atoms with E-state index in [2.05, 4.69) is 20.0 Å². The lowest BCUT2D eigenvalue weighted by atomic mass is 9.98. The number of nitrogens with one attached hydrogen (secondary N) is 1. The van der Waals surface area contributed by atoms with Gasteiger partial charge in [0.25, 0.3) is 5.56 Å². The average Bonchev–Trinajstić information content (AvgIpc) is 2.71. The Kier molecular flexibility index (Phi) is 5.70. The second kappa shape index (κ2) is 7.97. The molecule has 31 heavy (non-hydrogen) atoms. The molecule has 3 aromatic rings. The van der Waals surface area contributed by atoms with Crippen LogP contribution < -0.4 is 10.9 Å². The number of carbonyl (C=O) groups excluding carboxylic acids is 1. The molecule has 11 heteroatoms. The van der Waals surface area contributed by atoms with Crippen molar-refractivity contribution in [3.05, 3.63) is 63.1 Å². The number of hydrogen-bond donors (Lipinski definition) is 1. The van der Waals surface area contributed by atoms with Crippen LogP contribution in [0, 0.1) is 12.7 Å². The number of aromatic nitrogens is 3. The summed E-state index contributed by atoms with van der Waals surface area (Å²) < 4.78 is 61.3. The molecular weight excluding hydrogens is 420 g/mol. The van der Waals surface area contributed by atoms with Gasteiger partial charge in [-0.05, 0) is 37.6 Å². The molecule has 0 unspecified atom stereocenters. The molecule has 0 radical (unpaired) electrons. The summed E-state index contributed by atoms with van der Waals surface area (Å²) in [7, 11) is 2.58. The predicted molar refractivity (Wildman–Crippen MR) is 104 cm³/mol. The minimum Gasteiger partial charge on any atom is -0.465 e. The van der Waals surface area contributed by atoms with E-state index in [1.165, 1.54) is 25.5 Å². The number of esters is 1. The normalized spacial score (nSPS) is 12.6. The average molecular weight is 438 g/mol. The highest BCUT2D eigenvalue weighted by atomic mass is 19.4. The Morgan fingerprint density at radius 3 is 2.52 bits per heavy atom. The number of rotatable bonds is 4. The number of fused-ring (bicyclic) bond motifs is 1. The standard InChI is InChI=1S/C20H18F4N4O3/c1-9(26-17-15(21)5-11(8-25-17)19(30)31-4)12-6-13-16(7-14(12)20(22,23)24)27-10(2)28(3)18(13)29/h5-9H,1-4H3,(H,25,26)/t9-/m1/s1. The molecule has 0 saturated heterocycles. The molecule has 0 saturated carbocycles. The van der Waals surface area contributed by atoms with Gasteiger partial charge in [0, 0.05) is 13.2 Å². The Balaban J connectivity index is 2.10. The number of pyridine rings is 1. The van der Waals surface area contributed by atoms with E-state index in [0.717, 1.165) is 31.5 Å². The van der Waals surface area contributed by atoms with Crippen LogP contribution in [0.25, 0.3) is 10.9 Å². The van der Waals surface area contributed by atoms with E-state index in [-0.39, 0.29) is 33.7 Å². The van der Waals surface area contributed by atoms with Crippen LogP contribution in [0.5, 0.6) is 0 Å². The molecule has 0 spiro atoms. The van der Waals surface area contributed by atoms with E-state index in [0.29, 0.717) is 0 Å². The summed E-state index contributed by atoms with van der Waals surface area (Å²) in [6.07, 6.45) is -3.70. The molecule has 3 rings (SSSR count). The summed E-state index contributed by atoms with van der Waals surface area (Å²) in [5.41, 5.74) is -2.02. The van der Waals surface area contributed by atoms with Crippen LogP contribution in [0.15, 0.2) is 29.2 Å².